The molecule has 0 fully saturated rings. The molecule has 2 aliphatic rings. The van der Waals surface area contributed by atoms with E-state index in [1.807, 2.05) is 19.2 Å². The van der Waals surface area contributed by atoms with E-state index in [2.05, 4.69) is 34.3 Å². The first kappa shape index (κ1) is 18.9. The van der Waals surface area contributed by atoms with Gasteiger partial charge in [-0.25, -0.2) is 0 Å². The number of nitrogens with zero attached hydrogens (tertiary/aromatic N) is 1. The first-order valence-electron chi connectivity index (χ1n) is 10.8. The summed E-state index contributed by atoms with van der Waals surface area (Å²) in [6.45, 7) is 2.67. The summed E-state index contributed by atoms with van der Waals surface area (Å²) in [6.07, 6.45) is 17.9. The molecule has 1 aliphatic heterocycles. The van der Waals surface area contributed by atoms with Gasteiger partial charge >= 0.3 is 0 Å². The number of allylic oxidation sites excluding steroid dienone is 2. The lowest BCUT2D eigenvalue weighted by Crippen LogP contribution is -1.92. The minimum Gasteiger partial charge on any atom is -0.492 e. The van der Waals surface area contributed by atoms with E-state index >= 15 is 0 Å². The lowest BCUT2D eigenvalue weighted by molar-refractivity contribution is 0.340. The number of ether oxygens (including phenoxy) is 1. The van der Waals surface area contributed by atoms with Gasteiger partial charge in [-0.3, -0.25) is 4.99 Å². The van der Waals surface area contributed by atoms with E-state index in [9.17, 15) is 0 Å². The SMILES string of the molecule is CCOc1cc(-c2ccc[nH]2)[nH]c1C=C1N=C2C=C1CCCCCCCCC2. The van der Waals surface area contributed by atoms with Crippen LogP contribution < -0.4 is 4.74 Å². The van der Waals surface area contributed by atoms with E-state index in [1.165, 1.54) is 56.2 Å². The third-order valence-corrected chi connectivity index (χ3v) is 5.59. The van der Waals surface area contributed by atoms with Crippen molar-refractivity contribution >= 4 is 11.8 Å². The van der Waals surface area contributed by atoms with Crippen molar-refractivity contribution in [2.45, 2.75) is 64.7 Å². The molecule has 0 aromatic carbocycles. The van der Waals surface area contributed by atoms with Crippen molar-refractivity contribution in [2.24, 2.45) is 4.99 Å². The van der Waals surface area contributed by atoms with Crippen molar-refractivity contribution in [3.8, 4) is 17.1 Å². The average Bonchev–Trinajstić information content (AvgIpc) is 3.41. The van der Waals surface area contributed by atoms with Crippen LogP contribution in [0.4, 0.5) is 0 Å². The zero-order valence-electron chi connectivity index (χ0n) is 16.9. The Morgan fingerprint density at radius 2 is 1.82 bits per heavy atom. The van der Waals surface area contributed by atoms with Gasteiger partial charge in [-0.05, 0) is 62.5 Å². The normalized spacial score (nSPS) is 19.7. The molecule has 0 saturated heterocycles. The molecule has 0 radical (unpaired) electrons. The molecule has 0 atom stereocenters. The summed E-state index contributed by atoms with van der Waals surface area (Å²) in [7, 11) is 0. The molecule has 0 amide bonds. The van der Waals surface area contributed by atoms with Crippen molar-refractivity contribution < 1.29 is 4.74 Å². The van der Waals surface area contributed by atoms with Gasteiger partial charge in [-0.1, -0.05) is 32.1 Å². The second kappa shape index (κ2) is 9.13. The van der Waals surface area contributed by atoms with Crippen molar-refractivity contribution in [1.82, 2.24) is 9.97 Å². The molecule has 0 saturated carbocycles. The zero-order valence-corrected chi connectivity index (χ0v) is 16.9. The fourth-order valence-electron chi connectivity index (χ4n) is 4.11. The Morgan fingerprint density at radius 3 is 2.57 bits per heavy atom. The predicted molar refractivity (Wildman–Crippen MR) is 117 cm³/mol. The Morgan fingerprint density at radius 1 is 1.04 bits per heavy atom. The van der Waals surface area contributed by atoms with Crippen molar-refractivity contribution in [2.75, 3.05) is 6.61 Å². The van der Waals surface area contributed by atoms with E-state index in [0.717, 1.165) is 41.4 Å². The largest absolute Gasteiger partial charge is 0.492 e. The molecule has 2 aromatic rings. The molecule has 4 heteroatoms. The van der Waals surface area contributed by atoms with E-state index in [1.54, 1.807) is 0 Å². The third kappa shape index (κ3) is 4.49. The number of hydrogen-bond acceptors (Lipinski definition) is 2. The summed E-state index contributed by atoms with van der Waals surface area (Å²) in [4.78, 5) is 11.8. The Hall–Kier alpha value is -2.49. The molecule has 4 rings (SSSR count). The van der Waals surface area contributed by atoms with Gasteiger partial charge in [-0.2, -0.15) is 0 Å². The van der Waals surface area contributed by atoms with Gasteiger partial charge in [0.05, 0.1) is 29.4 Å². The number of aromatic amines is 2. The van der Waals surface area contributed by atoms with Gasteiger partial charge in [0.2, 0.25) is 0 Å². The zero-order chi connectivity index (χ0) is 19.2. The maximum Gasteiger partial charge on any atom is 0.144 e. The molecule has 0 unspecified atom stereocenters. The van der Waals surface area contributed by atoms with E-state index < -0.39 is 0 Å². The quantitative estimate of drug-likeness (QED) is 0.615. The Balaban J connectivity index is 1.63. The van der Waals surface area contributed by atoms with Crippen molar-refractivity contribution in [3.63, 3.8) is 0 Å². The molecule has 148 valence electrons. The molecule has 2 N–H and O–H groups in total. The van der Waals surface area contributed by atoms with Crippen LogP contribution in [0.25, 0.3) is 17.5 Å². The molecule has 2 aromatic heterocycles. The highest BCUT2D eigenvalue weighted by molar-refractivity contribution is 6.00. The van der Waals surface area contributed by atoms with E-state index in [0.29, 0.717) is 6.61 Å². The number of hydrogen-bond donors (Lipinski definition) is 2. The molecule has 0 spiro atoms. The molecule has 3 heterocycles. The van der Waals surface area contributed by atoms with Gasteiger partial charge in [0.25, 0.3) is 0 Å². The number of aliphatic imine (C=N–C) groups is 1. The van der Waals surface area contributed by atoms with Crippen LogP contribution in [0, 0.1) is 0 Å². The number of aromatic nitrogens is 2. The number of rotatable bonds is 4. The Bertz CT molecular complexity index is 868. The second-order valence-corrected chi connectivity index (χ2v) is 7.75. The molecular weight excluding hydrogens is 346 g/mol. The van der Waals surface area contributed by atoms with E-state index in [-0.39, 0.29) is 0 Å². The highest BCUT2D eigenvalue weighted by atomic mass is 16.5. The summed E-state index contributed by atoms with van der Waals surface area (Å²) in [5.41, 5.74) is 6.84. The van der Waals surface area contributed by atoms with Crippen molar-refractivity contribution in [1.29, 1.82) is 0 Å². The summed E-state index contributed by atoms with van der Waals surface area (Å²) >= 11 is 0. The molecular formula is C24H31N3O. The second-order valence-electron chi connectivity index (χ2n) is 7.75. The minimum absolute atomic E-state index is 0.648. The Labute approximate surface area is 167 Å². The van der Waals surface area contributed by atoms with Crippen LogP contribution in [0.3, 0.4) is 0 Å². The predicted octanol–water partition coefficient (Wildman–Crippen LogP) is 6.65. The van der Waals surface area contributed by atoms with Crippen LogP contribution in [-0.2, 0) is 0 Å². The van der Waals surface area contributed by atoms with Crippen LogP contribution >= 0.6 is 0 Å². The van der Waals surface area contributed by atoms with Gasteiger partial charge in [-0.15, -0.1) is 0 Å². The lowest BCUT2D eigenvalue weighted by atomic mass is 10.00. The molecule has 28 heavy (non-hydrogen) atoms. The molecule has 2 bridgehead atoms. The monoisotopic (exact) mass is 377 g/mol. The number of fused-ring (bicyclic) bond motifs is 1. The lowest BCUT2D eigenvalue weighted by Gasteiger charge is -2.06. The molecule has 4 nitrogen and oxygen atoms in total. The van der Waals surface area contributed by atoms with Crippen LogP contribution in [0.1, 0.15) is 70.4 Å². The van der Waals surface area contributed by atoms with Gasteiger partial charge < -0.3 is 14.7 Å². The number of H-pyrrole nitrogens is 2. The maximum atomic E-state index is 5.90. The van der Waals surface area contributed by atoms with Gasteiger partial charge in [0, 0.05) is 18.0 Å². The van der Waals surface area contributed by atoms with E-state index in [4.69, 9.17) is 9.73 Å². The fraction of sp³-hybridized carbons (Fsp3) is 0.458. The van der Waals surface area contributed by atoms with Crippen LogP contribution in [-0.4, -0.2) is 22.3 Å². The summed E-state index contributed by atoms with van der Waals surface area (Å²) in [6, 6.07) is 6.15. The first-order chi connectivity index (χ1) is 13.8. The fourth-order valence-corrected chi connectivity index (χ4v) is 4.11. The maximum absolute atomic E-state index is 5.90. The summed E-state index contributed by atoms with van der Waals surface area (Å²) in [5, 5.41) is 0. The van der Waals surface area contributed by atoms with Gasteiger partial charge in [0.1, 0.15) is 5.75 Å². The smallest absolute Gasteiger partial charge is 0.144 e. The van der Waals surface area contributed by atoms with Gasteiger partial charge in [0.15, 0.2) is 0 Å². The molecule has 1 aliphatic carbocycles. The summed E-state index contributed by atoms with van der Waals surface area (Å²) < 4.78 is 5.90. The third-order valence-electron chi connectivity index (χ3n) is 5.59. The summed E-state index contributed by atoms with van der Waals surface area (Å²) in [5.74, 6) is 0.889. The highest BCUT2D eigenvalue weighted by Crippen LogP contribution is 2.33. The van der Waals surface area contributed by atoms with Crippen LogP contribution in [0.5, 0.6) is 5.75 Å². The number of nitrogens with one attached hydrogen (secondary N) is 2. The van der Waals surface area contributed by atoms with Crippen molar-refractivity contribution in [3.05, 3.63) is 47.4 Å². The Kier molecular flexibility index (Phi) is 6.15. The minimum atomic E-state index is 0.648. The highest BCUT2D eigenvalue weighted by Gasteiger charge is 2.17. The van der Waals surface area contributed by atoms with Crippen LogP contribution in [0.2, 0.25) is 0 Å². The van der Waals surface area contributed by atoms with Crippen LogP contribution in [0.15, 0.2) is 46.7 Å². The topological polar surface area (TPSA) is 53.2 Å². The standard InChI is InChI=1S/C24H31N3O/c1-2-28-24-17-22(20-13-10-14-25-20)27-23(24)16-21-18-11-8-6-4-3-5-7-9-12-19(15-18)26-21/h10,13-17,25,27H,2-9,11-12H2,1H3. The first-order valence-corrected chi connectivity index (χ1v) is 10.8. The average molecular weight is 378 g/mol.